The molecule has 20 heavy (non-hydrogen) atoms. The van der Waals surface area contributed by atoms with E-state index in [0.717, 1.165) is 11.3 Å². The highest BCUT2D eigenvalue weighted by molar-refractivity contribution is 5.90. The summed E-state index contributed by atoms with van der Waals surface area (Å²) in [6, 6.07) is 7.59. The Balaban J connectivity index is 2.36. The van der Waals surface area contributed by atoms with Crippen LogP contribution < -0.4 is 5.32 Å². The van der Waals surface area contributed by atoms with E-state index in [-0.39, 0.29) is 12.5 Å². The normalized spacial score (nSPS) is 10.5. The van der Waals surface area contributed by atoms with E-state index >= 15 is 0 Å². The first-order chi connectivity index (χ1) is 9.76. The second-order valence-electron chi connectivity index (χ2n) is 4.47. The quantitative estimate of drug-likeness (QED) is 0.643. The van der Waals surface area contributed by atoms with E-state index in [2.05, 4.69) is 5.32 Å². The van der Waals surface area contributed by atoms with Gasteiger partial charge in [0.25, 0.3) is 0 Å². The number of rotatable bonds is 10. The number of nitrogens with one attached hydrogen (secondary N) is 1. The Morgan fingerprint density at radius 2 is 2.15 bits per heavy atom. The van der Waals surface area contributed by atoms with Crippen molar-refractivity contribution in [1.82, 2.24) is 0 Å². The van der Waals surface area contributed by atoms with Gasteiger partial charge in [-0.3, -0.25) is 4.79 Å². The molecule has 0 aliphatic carbocycles. The summed E-state index contributed by atoms with van der Waals surface area (Å²) in [4.78, 5) is 11.7. The summed E-state index contributed by atoms with van der Waals surface area (Å²) >= 11 is 0. The Morgan fingerprint density at radius 3 is 2.90 bits per heavy atom. The summed E-state index contributed by atoms with van der Waals surface area (Å²) in [7, 11) is 1.64. The second-order valence-corrected chi connectivity index (χ2v) is 4.47. The van der Waals surface area contributed by atoms with Crippen molar-refractivity contribution in [2.45, 2.75) is 25.9 Å². The van der Waals surface area contributed by atoms with Crippen LogP contribution in [0.15, 0.2) is 24.3 Å². The Kier molecular flexibility index (Phi) is 8.62. The van der Waals surface area contributed by atoms with Crippen LogP contribution in [-0.4, -0.2) is 37.9 Å². The molecular weight excluding hydrogens is 258 g/mol. The van der Waals surface area contributed by atoms with Crippen LogP contribution in [0.4, 0.5) is 5.69 Å². The van der Waals surface area contributed by atoms with Crippen LogP contribution in [-0.2, 0) is 20.9 Å². The Hall–Kier alpha value is -1.43. The van der Waals surface area contributed by atoms with E-state index < -0.39 is 0 Å². The summed E-state index contributed by atoms with van der Waals surface area (Å²) in [5.74, 6) is -0.0316. The van der Waals surface area contributed by atoms with Crippen molar-refractivity contribution in [2.75, 3.05) is 32.2 Å². The zero-order valence-corrected chi connectivity index (χ0v) is 11.9. The van der Waals surface area contributed by atoms with E-state index in [1.165, 1.54) is 0 Å². The number of benzene rings is 1. The molecule has 1 amide bonds. The number of aliphatic hydroxyl groups excluding tert-OH is 1. The number of aliphatic hydroxyl groups is 1. The fraction of sp³-hybridized carbons (Fsp3) is 0.533. The van der Waals surface area contributed by atoms with Gasteiger partial charge in [0.2, 0.25) is 5.91 Å². The van der Waals surface area contributed by atoms with Gasteiger partial charge in [0, 0.05) is 25.8 Å². The average Bonchev–Trinajstić information content (AvgIpc) is 2.44. The lowest BCUT2D eigenvalue weighted by Crippen LogP contribution is -2.11. The van der Waals surface area contributed by atoms with Gasteiger partial charge in [0.15, 0.2) is 0 Å². The molecule has 0 atom stereocenters. The van der Waals surface area contributed by atoms with E-state index in [4.69, 9.17) is 14.6 Å². The number of methoxy groups -OCH3 is 1. The van der Waals surface area contributed by atoms with Crippen molar-refractivity contribution in [3.05, 3.63) is 29.8 Å². The van der Waals surface area contributed by atoms with Crippen LogP contribution in [0.1, 0.15) is 24.8 Å². The minimum absolute atomic E-state index is 0.0316. The lowest BCUT2D eigenvalue weighted by atomic mass is 10.2. The molecule has 0 radical (unpaired) electrons. The standard InChI is InChI=1S/C15H23NO4/c1-19-9-10-20-12-13-5-4-6-14(11-13)16-15(18)7-2-3-8-17/h4-6,11,17H,2-3,7-10,12H2,1H3,(H,16,18). The number of unbranched alkanes of at least 4 members (excludes halogenated alkanes) is 1. The van der Waals surface area contributed by atoms with Gasteiger partial charge in [-0.05, 0) is 30.5 Å². The highest BCUT2D eigenvalue weighted by atomic mass is 16.5. The molecular formula is C15H23NO4. The number of amides is 1. The monoisotopic (exact) mass is 281 g/mol. The van der Waals surface area contributed by atoms with Gasteiger partial charge >= 0.3 is 0 Å². The lowest BCUT2D eigenvalue weighted by molar-refractivity contribution is -0.116. The fourth-order valence-corrected chi connectivity index (χ4v) is 1.69. The molecule has 0 aliphatic rings. The first-order valence-electron chi connectivity index (χ1n) is 6.82. The topological polar surface area (TPSA) is 67.8 Å². The summed E-state index contributed by atoms with van der Waals surface area (Å²) < 4.78 is 10.3. The van der Waals surface area contributed by atoms with Gasteiger partial charge in [-0.25, -0.2) is 0 Å². The molecule has 2 N–H and O–H groups in total. The zero-order valence-electron chi connectivity index (χ0n) is 11.9. The molecule has 1 aromatic rings. The molecule has 5 nitrogen and oxygen atoms in total. The van der Waals surface area contributed by atoms with Crippen molar-refractivity contribution < 1.29 is 19.4 Å². The molecule has 0 spiro atoms. The highest BCUT2D eigenvalue weighted by Gasteiger charge is 2.03. The van der Waals surface area contributed by atoms with Gasteiger partial charge in [-0.2, -0.15) is 0 Å². The van der Waals surface area contributed by atoms with Crippen LogP contribution >= 0.6 is 0 Å². The van der Waals surface area contributed by atoms with Crippen molar-refractivity contribution >= 4 is 11.6 Å². The van der Waals surface area contributed by atoms with Gasteiger partial charge in [0.1, 0.15) is 0 Å². The predicted molar refractivity (Wildman–Crippen MR) is 77.5 cm³/mol. The molecule has 1 rings (SSSR count). The average molecular weight is 281 g/mol. The number of hydrogen-bond acceptors (Lipinski definition) is 4. The minimum Gasteiger partial charge on any atom is -0.396 e. The van der Waals surface area contributed by atoms with Crippen molar-refractivity contribution in [3.63, 3.8) is 0 Å². The van der Waals surface area contributed by atoms with Gasteiger partial charge in [-0.15, -0.1) is 0 Å². The van der Waals surface area contributed by atoms with Crippen LogP contribution in [0.25, 0.3) is 0 Å². The molecule has 0 bridgehead atoms. The fourth-order valence-electron chi connectivity index (χ4n) is 1.69. The minimum atomic E-state index is -0.0316. The molecule has 0 unspecified atom stereocenters. The highest BCUT2D eigenvalue weighted by Crippen LogP contribution is 2.12. The summed E-state index contributed by atoms with van der Waals surface area (Å²) in [6.07, 6.45) is 1.78. The summed E-state index contributed by atoms with van der Waals surface area (Å²) in [5.41, 5.74) is 1.78. The van der Waals surface area contributed by atoms with Crippen molar-refractivity contribution in [3.8, 4) is 0 Å². The molecule has 0 heterocycles. The van der Waals surface area contributed by atoms with E-state index in [0.29, 0.717) is 39.1 Å². The maximum absolute atomic E-state index is 11.7. The zero-order chi connectivity index (χ0) is 14.6. The predicted octanol–water partition coefficient (Wildman–Crippen LogP) is 1.95. The smallest absolute Gasteiger partial charge is 0.224 e. The van der Waals surface area contributed by atoms with Crippen LogP contribution in [0, 0.1) is 0 Å². The molecule has 0 aromatic heterocycles. The van der Waals surface area contributed by atoms with Crippen molar-refractivity contribution in [1.29, 1.82) is 0 Å². The van der Waals surface area contributed by atoms with Crippen LogP contribution in [0.3, 0.4) is 0 Å². The number of hydrogen-bond donors (Lipinski definition) is 2. The third-order valence-electron chi connectivity index (χ3n) is 2.72. The van der Waals surface area contributed by atoms with E-state index in [1.807, 2.05) is 24.3 Å². The number of carbonyl (C=O) groups is 1. The van der Waals surface area contributed by atoms with Crippen LogP contribution in [0.5, 0.6) is 0 Å². The largest absolute Gasteiger partial charge is 0.396 e. The summed E-state index contributed by atoms with van der Waals surface area (Å²) in [6.45, 7) is 1.74. The molecule has 0 aliphatic heterocycles. The molecule has 5 heteroatoms. The molecule has 112 valence electrons. The molecule has 1 aromatic carbocycles. The third kappa shape index (κ3) is 7.23. The van der Waals surface area contributed by atoms with Crippen LogP contribution in [0.2, 0.25) is 0 Å². The molecule has 0 saturated heterocycles. The van der Waals surface area contributed by atoms with Gasteiger partial charge in [0.05, 0.1) is 19.8 Å². The SMILES string of the molecule is COCCOCc1cccc(NC(=O)CCCCO)c1. The van der Waals surface area contributed by atoms with Gasteiger partial charge in [-0.1, -0.05) is 12.1 Å². The number of carbonyl (C=O) groups excluding carboxylic acids is 1. The van der Waals surface area contributed by atoms with E-state index in [9.17, 15) is 4.79 Å². The lowest BCUT2D eigenvalue weighted by Gasteiger charge is -2.08. The maximum atomic E-state index is 11.7. The second kappa shape index (κ2) is 10.4. The first kappa shape index (κ1) is 16.6. The third-order valence-corrected chi connectivity index (χ3v) is 2.72. The maximum Gasteiger partial charge on any atom is 0.224 e. The van der Waals surface area contributed by atoms with E-state index in [1.54, 1.807) is 7.11 Å². The molecule has 0 fully saturated rings. The summed E-state index contributed by atoms with van der Waals surface area (Å²) in [5, 5.41) is 11.5. The Morgan fingerprint density at radius 1 is 1.30 bits per heavy atom. The van der Waals surface area contributed by atoms with Gasteiger partial charge < -0.3 is 19.9 Å². The first-order valence-corrected chi connectivity index (χ1v) is 6.82. The number of ether oxygens (including phenoxy) is 2. The molecule has 0 saturated carbocycles. The Bertz CT molecular complexity index is 395. The Labute approximate surface area is 119 Å². The number of anilines is 1. The van der Waals surface area contributed by atoms with Crippen molar-refractivity contribution in [2.24, 2.45) is 0 Å².